The number of ether oxygens (including phenoxy) is 2. The summed E-state index contributed by atoms with van der Waals surface area (Å²) in [5, 5.41) is 0. The molecule has 1 amide bonds. The van der Waals surface area contributed by atoms with Gasteiger partial charge < -0.3 is 19.3 Å². The monoisotopic (exact) mass is 390 g/mol. The van der Waals surface area contributed by atoms with Crippen LogP contribution in [-0.2, 0) is 9.53 Å². The number of methoxy groups -OCH3 is 1. The first kappa shape index (κ1) is 19.6. The molecule has 0 radical (unpaired) electrons. The van der Waals surface area contributed by atoms with Gasteiger partial charge in [-0.1, -0.05) is 12.1 Å². The SMILES string of the molecule is COc1ccccc1N1CCN(C(=O)COC(=O)c2cc(F)ccc2F)CC1. The second kappa shape index (κ2) is 8.69. The van der Waals surface area contributed by atoms with Crippen molar-refractivity contribution in [3.8, 4) is 5.75 Å². The molecule has 0 atom stereocenters. The summed E-state index contributed by atoms with van der Waals surface area (Å²) in [4.78, 5) is 27.9. The van der Waals surface area contributed by atoms with Crippen LogP contribution in [0, 0.1) is 11.6 Å². The average Bonchev–Trinajstić information content (AvgIpc) is 2.73. The number of halogens is 2. The molecular formula is C20H20F2N2O4. The van der Waals surface area contributed by atoms with Crippen molar-refractivity contribution in [1.29, 1.82) is 0 Å². The molecule has 28 heavy (non-hydrogen) atoms. The maximum absolute atomic E-state index is 13.6. The number of hydrogen-bond donors (Lipinski definition) is 0. The van der Waals surface area contributed by atoms with Crippen molar-refractivity contribution < 1.29 is 27.8 Å². The van der Waals surface area contributed by atoms with Crippen LogP contribution < -0.4 is 9.64 Å². The van der Waals surface area contributed by atoms with Gasteiger partial charge in [0.1, 0.15) is 17.4 Å². The molecule has 3 rings (SSSR count). The fraction of sp³-hybridized carbons (Fsp3) is 0.300. The van der Waals surface area contributed by atoms with Gasteiger partial charge in [-0.25, -0.2) is 13.6 Å². The summed E-state index contributed by atoms with van der Waals surface area (Å²) >= 11 is 0. The Bertz CT molecular complexity index is 867. The van der Waals surface area contributed by atoms with Crippen LogP contribution >= 0.6 is 0 Å². The molecule has 0 spiro atoms. The van der Waals surface area contributed by atoms with Crippen molar-refractivity contribution in [2.45, 2.75) is 0 Å². The molecule has 8 heteroatoms. The Morgan fingerprint density at radius 3 is 2.46 bits per heavy atom. The second-order valence-electron chi connectivity index (χ2n) is 6.24. The molecule has 0 aromatic heterocycles. The number of anilines is 1. The molecule has 2 aromatic carbocycles. The van der Waals surface area contributed by atoms with Gasteiger partial charge in [-0.15, -0.1) is 0 Å². The van der Waals surface area contributed by atoms with Gasteiger partial charge in [-0.05, 0) is 30.3 Å². The lowest BCUT2D eigenvalue weighted by Gasteiger charge is -2.36. The molecule has 0 saturated carbocycles. The minimum Gasteiger partial charge on any atom is -0.495 e. The number of carbonyl (C=O) groups excluding carboxylic acids is 2. The molecule has 0 N–H and O–H groups in total. The standard InChI is InChI=1S/C20H20F2N2O4/c1-27-18-5-3-2-4-17(18)23-8-10-24(11-9-23)19(25)13-28-20(26)15-12-14(21)6-7-16(15)22/h2-7,12H,8-11,13H2,1H3. The molecule has 2 aromatic rings. The molecule has 1 saturated heterocycles. The third-order valence-electron chi connectivity index (χ3n) is 4.53. The van der Waals surface area contributed by atoms with E-state index in [4.69, 9.17) is 9.47 Å². The fourth-order valence-corrected chi connectivity index (χ4v) is 3.04. The van der Waals surface area contributed by atoms with E-state index in [2.05, 4.69) is 4.90 Å². The number of para-hydroxylation sites is 2. The van der Waals surface area contributed by atoms with Crippen LogP contribution in [0.2, 0.25) is 0 Å². The maximum Gasteiger partial charge on any atom is 0.341 e. The zero-order chi connectivity index (χ0) is 20.1. The molecule has 0 bridgehead atoms. The van der Waals surface area contributed by atoms with Crippen LogP contribution in [0.4, 0.5) is 14.5 Å². The van der Waals surface area contributed by atoms with E-state index in [1.54, 1.807) is 12.0 Å². The Balaban J connectivity index is 1.53. The van der Waals surface area contributed by atoms with Crippen molar-refractivity contribution >= 4 is 17.6 Å². The third-order valence-corrected chi connectivity index (χ3v) is 4.53. The molecule has 148 valence electrons. The van der Waals surface area contributed by atoms with Crippen molar-refractivity contribution in [3.05, 3.63) is 59.7 Å². The van der Waals surface area contributed by atoms with Crippen LogP contribution in [0.3, 0.4) is 0 Å². The highest BCUT2D eigenvalue weighted by Gasteiger charge is 2.24. The highest BCUT2D eigenvalue weighted by molar-refractivity contribution is 5.91. The number of hydrogen-bond acceptors (Lipinski definition) is 5. The Morgan fingerprint density at radius 2 is 1.75 bits per heavy atom. The molecule has 1 aliphatic heterocycles. The number of rotatable bonds is 5. The smallest absolute Gasteiger partial charge is 0.341 e. The summed E-state index contributed by atoms with van der Waals surface area (Å²) in [6.45, 7) is 1.56. The predicted octanol–water partition coefficient (Wildman–Crippen LogP) is 2.48. The van der Waals surface area contributed by atoms with Crippen molar-refractivity contribution in [1.82, 2.24) is 4.90 Å². The lowest BCUT2D eigenvalue weighted by molar-refractivity contribution is -0.134. The Kier molecular flexibility index (Phi) is 6.08. The first-order chi connectivity index (χ1) is 13.5. The number of esters is 1. The topological polar surface area (TPSA) is 59.1 Å². The lowest BCUT2D eigenvalue weighted by Crippen LogP contribution is -2.50. The zero-order valence-electron chi connectivity index (χ0n) is 15.4. The van der Waals surface area contributed by atoms with E-state index in [0.29, 0.717) is 26.2 Å². The predicted molar refractivity (Wildman–Crippen MR) is 98.4 cm³/mol. The molecule has 6 nitrogen and oxygen atoms in total. The Morgan fingerprint density at radius 1 is 1.04 bits per heavy atom. The van der Waals surface area contributed by atoms with Gasteiger partial charge in [0.2, 0.25) is 0 Å². The van der Waals surface area contributed by atoms with Gasteiger partial charge in [0.25, 0.3) is 5.91 Å². The van der Waals surface area contributed by atoms with Crippen LogP contribution in [0.15, 0.2) is 42.5 Å². The van der Waals surface area contributed by atoms with Gasteiger partial charge in [0.15, 0.2) is 6.61 Å². The van der Waals surface area contributed by atoms with E-state index in [1.165, 1.54) is 0 Å². The molecular weight excluding hydrogens is 370 g/mol. The molecule has 0 aliphatic carbocycles. The van der Waals surface area contributed by atoms with Crippen molar-refractivity contribution in [2.75, 3.05) is 44.8 Å². The molecule has 1 aliphatic rings. The van der Waals surface area contributed by atoms with E-state index in [1.807, 2.05) is 24.3 Å². The van der Waals surface area contributed by atoms with Crippen molar-refractivity contribution in [3.63, 3.8) is 0 Å². The van der Waals surface area contributed by atoms with E-state index < -0.39 is 29.8 Å². The zero-order valence-corrected chi connectivity index (χ0v) is 15.4. The molecule has 1 fully saturated rings. The molecule has 0 unspecified atom stereocenters. The minimum absolute atomic E-state index is 0.384. The summed E-state index contributed by atoms with van der Waals surface area (Å²) in [5.41, 5.74) is 0.416. The normalized spacial score (nSPS) is 14.0. The van der Waals surface area contributed by atoms with Gasteiger partial charge >= 0.3 is 5.97 Å². The summed E-state index contributed by atoms with van der Waals surface area (Å²) in [6.07, 6.45) is 0. The fourth-order valence-electron chi connectivity index (χ4n) is 3.04. The van der Waals surface area contributed by atoms with Crippen LogP contribution in [0.25, 0.3) is 0 Å². The maximum atomic E-state index is 13.6. The quantitative estimate of drug-likeness (QED) is 0.735. The number of nitrogens with zero attached hydrogens (tertiary/aromatic N) is 2. The summed E-state index contributed by atoms with van der Waals surface area (Å²) in [6, 6.07) is 10.1. The van der Waals surface area contributed by atoms with E-state index in [-0.39, 0.29) is 5.91 Å². The highest BCUT2D eigenvalue weighted by Crippen LogP contribution is 2.28. The van der Waals surface area contributed by atoms with Gasteiger partial charge in [-0.2, -0.15) is 0 Å². The summed E-state index contributed by atoms with van der Waals surface area (Å²) in [5.74, 6) is -2.35. The van der Waals surface area contributed by atoms with Crippen molar-refractivity contribution in [2.24, 2.45) is 0 Å². The highest BCUT2D eigenvalue weighted by atomic mass is 19.1. The third kappa shape index (κ3) is 4.39. The summed E-state index contributed by atoms with van der Waals surface area (Å²) in [7, 11) is 1.61. The van der Waals surface area contributed by atoms with Gasteiger partial charge in [-0.3, -0.25) is 4.79 Å². The van der Waals surface area contributed by atoms with Crippen LogP contribution in [0.5, 0.6) is 5.75 Å². The Labute approximate surface area is 161 Å². The lowest BCUT2D eigenvalue weighted by atomic mass is 10.2. The van der Waals surface area contributed by atoms with E-state index >= 15 is 0 Å². The summed E-state index contributed by atoms with van der Waals surface area (Å²) < 4.78 is 37.0. The second-order valence-corrected chi connectivity index (χ2v) is 6.24. The van der Waals surface area contributed by atoms with Crippen LogP contribution in [-0.4, -0.2) is 56.7 Å². The van der Waals surface area contributed by atoms with E-state index in [9.17, 15) is 18.4 Å². The van der Waals surface area contributed by atoms with E-state index in [0.717, 1.165) is 29.6 Å². The number of carbonyl (C=O) groups is 2. The first-order valence-electron chi connectivity index (χ1n) is 8.77. The van der Waals surface area contributed by atoms with Gasteiger partial charge in [0, 0.05) is 26.2 Å². The largest absolute Gasteiger partial charge is 0.495 e. The average molecular weight is 390 g/mol. The minimum atomic E-state index is -1.07. The molecule has 1 heterocycles. The Hall–Kier alpha value is -3.16. The number of benzene rings is 2. The number of piperazine rings is 1. The number of amides is 1. The van der Waals surface area contributed by atoms with Crippen LogP contribution in [0.1, 0.15) is 10.4 Å². The van der Waals surface area contributed by atoms with Gasteiger partial charge in [0.05, 0.1) is 18.4 Å². The first-order valence-corrected chi connectivity index (χ1v) is 8.77.